The van der Waals surface area contributed by atoms with E-state index in [1.807, 2.05) is 0 Å². The molecule has 0 bridgehead atoms. The molecule has 2 unspecified atom stereocenters. The zero-order chi connectivity index (χ0) is 53.6. The van der Waals surface area contributed by atoms with E-state index in [1.165, 1.54) is 289 Å². The molecule has 0 saturated carbocycles. The first-order valence-corrected chi connectivity index (χ1v) is 33.6. The lowest BCUT2D eigenvalue weighted by Crippen LogP contribution is -2.45. The van der Waals surface area contributed by atoms with Crippen molar-refractivity contribution in [3.05, 3.63) is 24.3 Å². The number of nitrogens with one attached hydrogen (secondary N) is 1. The molecule has 0 radical (unpaired) electrons. The molecule has 6 heteroatoms. The zero-order valence-corrected chi connectivity index (χ0v) is 50.1. The summed E-state index contributed by atoms with van der Waals surface area (Å²) in [4.78, 5) is 24.6. The SMILES string of the molecule is CCCCCC/C=C\C/C=C\CCCCCCCCCC(=O)OCCCCCCCCCCCCCCCCCCCCCCCCCCCCCCC(=O)NC(CO)C(O)CCCCCCCCCCCCC. The molecular weight excluding hydrogens is 911 g/mol. The van der Waals surface area contributed by atoms with Gasteiger partial charge in [0, 0.05) is 12.8 Å². The molecule has 2 atom stereocenters. The van der Waals surface area contributed by atoms with Gasteiger partial charge in [0.1, 0.15) is 0 Å². The van der Waals surface area contributed by atoms with Crippen molar-refractivity contribution in [2.24, 2.45) is 0 Å². The second kappa shape index (κ2) is 63.9. The van der Waals surface area contributed by atoms with Crippen molar-refractivity contribution in [1.29, 1.82) is 0 Å². The molecule has 0 saturated heterocycles. The number of carbonyl (C=O) groups excluding carboxylic acids is 2. The van der Waals surface area contributed by atoms with Crippen molar-refractivity contribution in [1.82, 2.24) is 5.32 Å². The number of hydrogen-bond acceptors (Lipinski definition) is 5. The molecule has 0 aliphatic heterocycles. The van der Waals surface area contributed by atoms with E-state index in [2.05, 4.69) is 43.5 Å². The number of ether oxygens (including phenoxy) is 1. The molecule has 0 aliphatic carbocycles. The minimum absolute atomic E-state index is 0.0119. The van der Waals surface area contributed by atoms with E-state index in [9.17, 15) is 19.8 Å². The molecule has 0 spiro atoms. The van der Waals surface area contributed by atoms with Gasteiger partial charge in [0.15, 0.2) is 0 Å². The molecule has 438 valence electrons. The van der Waals surface area contributed by atoms with Crippen LogP contribution in [0.2, 0.25) is 0 Å². The summed E-state index contributed by atoms with van der Waals surface area (Å²) < 4.78 is 5.50. The summed E-state index contributed by atoms with van der Waals surface area (Å²) in [5, 5.41) is 23.2. The van der Waals surface area contributed by atoms with E-state index in [0.717, 1.165) is 51.4 Å². The lowest BCUT2D eigenvalue weighted by molar-refractivity contribution is -0.143. The molecule has 0 heterocycles. The molecule has 0 fully saturated rings. The maximum atomic E-state index is 12.5. The summed E-state index contributed by atoms with van der Waals surface area (Å²) in [5.74, 6) is -0.0194. The summed E-state index contributed by atoms with van der Waals surface area (Å²) in [5.41, 5.74) is 0. The van der Waals surface area contributed by atoms with Crippen LogP contribution in [-0.2, 0) is 14.3 Å². The quantitative estimate of drug-likeness (QED) is 0.0320. The Labute approximate surface area is 462 Å². The van der Waals surface area contributed by atoms with Gasteiger partial charge in [0.25, 0.3) is 0 Å². The predicted octanol–water partition coefficient (Wildman–Crippen LogP) is 21.4. The first kappa shape index (κ1) is 72.3. The van der Waals surface area contributed by atoms with Gasteiger partial charge in [-0.3, -0.25) is 9.59 Å². The van der Waals surface area contributed by atoms with Crippen LogP contribution in [0, 0.1) is 0 Å². The molecular formula is C68H131NO5. The Morgan fingerprint density at radius 3 is 1.04 bits per heavy atom. The average Bonchev–Trinajstić information content (AvgIpc) is 3.40. The third-order valence-electron chi connectivity index (χ3n) is 15.8. The van der Waals surface area contributed by atoms with E-state index in [-0.39, 0.29) is 18.5 Å². The van der Waals surface area contributed by atoms with Crippen LogP contribution in [0.5, 0.6) is 0 Å². The van der Waals surface area contributed by atoms with Crippen LogP contribution >= 0.6 is 0 Å². The third-order valence-corrected chi connectivity index (χ3v) is 15.8. The van der Waals surface area contributed by atoms with Gasteiger partial charge in [-0.05, 0) is 57.8 Å². The van der Waals surface area contributed by atoms with Crippen molar-refractivity contribution >= 4 is 11.9 Å². The highest BCUT2D eigenvalue weighted by Crippen LogP contribution is 2.19. The number of carbonyl (C=O) groups is 2. The number of unbranched alkanes of at least 4 members (excludes halogenated alkanes) is 48. The van der Waals surface area contributed by atoms with E-state index in [0.29, 0.717) is 25.9 Å². The third kappa shape index (κ3) is 59.6. The molecule has 74 heavy (non-hydrogen) atoms. The summed E-state index contributed by atoms with van der Waals surface area (Å²) in [6.45, 7) is 4.95. The van der Waals surface area contributed by atoms with Crippen LogP contribution in [0.4, 0.5) is 0 Å². The first-order valence-electron chi connectivity index (χ1n) is 33.6. The van der Waals surface area contributed by atoms with Gasteiger partial charge in [-0.25, -0.2) is 0 Å². The number of esters is 1. The highest BCUT2D eigenvalue weighted by Gasteiger charge is 2.20. The first-order chi connectivity index (χ1) is 36.5. The van der Waals surface area contributed by atoms with Crippen LogP contribution < -0.4 is 5.32 Å². The van der Waals surface area contributed by atoms with E-state index >= 15 is 0 Å². The molecule has 0 aromatic carbocycles. The lowest BCUT2D eigenvalue weighted by Gasteiger charge is -2.22. The maximum Gasteiger partial charge on any atom is 0.305 e. The van der Waals surface area contributed by atoms with Gasteiger partial charge in [0.05, 0.1) is 25.4 Å². The number of aliphatic hydroxyl groups is 2. The lowest BCUT2D eigenvalue weighted by atomic mass is 10.0. The van der Waals surface area contributed by atoms with E-state index < -0.39 is 12.1 Å². The molecule has 0 aliphatic rings. The van der Waals surface area contributed by atoms with Gasteiger partial charge in [-0.15, -0.1) is 0 Å². The number of amides is 1. The molecule has 6 nitrogen and oxygen atoms in total. The number of hydrogen-bond donors (Lipinski definition) is 3. The summed E-state index contributed by atoms with van der Waals surface area (Å²) in [6.07, 6.45) is 79.3. The maximum absolute atomic E-state index is 12.5. The predicted molar refractivity (Wildman–Crippen MR) is 324 cm³/mol. The number of aliphatic hydroxyl groups excluding tert-OH is 2. The Morgan fingerprint density at radius 1 is 0.378 bits per heavy atom. The summed E-state index contributed by atoms with van der Waals surface area (Å²) >= 11 is 0. The Hall–Kier alpha value is -1.66. The number of rotatable bonds is 63. The molecule has 1 amide bonds. The van der Waals surface area contributed by atoms with Crippen LogP contribution in [0.25, 0.3) is 0 Å². The largest absolute Gasteiger partial charge is 0.466 e. The fourth-order valence-corrected chi connectivity index (χ4v) is 10.6. The molecule has 0 aromatic heterocycles. The van der Waals surface area contributed by atoms with Crippen LogP contribution in [0.15, 0.2) is 24.3 Å². The summed E-state index contributed by atoms with van der Waals surface area (Å²) in [7, 11) is 0. The second-order valence-electron chi connectivity index (χ2n) is 23.2. The van der Waals surface area contributed by atoms with Crippen LogP contribution in [0.1, 0.15) is 373 Å². The van der Waals surface area contributed by atoms with Crippen molar-refractivity contribution in [3.8, 4) is 0 Å². The van der Waals surface area contributed by atoms with Gasteiger partial charge in [-0.1, -0.05) is 327 Å². The fourth-order valence-electron chi connectivity index (χ4n) is 10.6. The van der Waals surface area contributed by atoms with Gasteiger partial charge in [-0.2, -0.15) is 0 Å². The smallest absolute Gasteiger partial charge is 0.305 e. The Morgan fingerprint density at radius 2 is 0.676 bits per heavy atom. The zero-order valence-electron chi connectivity index (χ0n) is 50.1. The van der Waals surface area contributed by atoms with Crippen molar-refractivity contribution in [3.63, 3.8) is 0 Å². The Bertz CT molecular complexity index is 1150. The molecule has 0 rings (SSSR count). The monoisotopic (exact) mass is 1040 g/mol. The molecule has 3 N–H and O–H groups in total. The topological polar surface area (TPSA) is 95.9 Å². The Balaban J connectivity index is 3.31. The van der Waals surface area contributed by atoms with Gasteiger partial charge >= 0.3 is 5.97 Å². The standard InChI is InChI=1S/C68H131NO5/c1-3-5-7-9-11-13-15-16-17-18-32-35-38-42-46-50-54-58-62-68(73)74-63-59-55-51-47-43-39-36-33-30-28-26-24-22-20-19-21-23-25-27-29-31-34-37-41-45-49-53-57-61-67(72)69-65(64-70)66(71)60-56-52-48-44-40-14-12-10-8-6-4-2/h13,15,17-18,65-66,70-71H,3-12,14,16,19-64H2,1-2H3,(H,69,72)/b15-13-,18-17-. The van der Waals surface area contributed by atoms with Crippen LogP contribution in [0.3, 0.4) is 0 Å². The highest BCUT2D eigenvalue weighted by atomic mass is 16.5. The van der Waals surface area contributed by atoms with Crippen LogP contribution in [-0.4, -0.2) is 47.4 Å². The summed E-state index contributed by atoms with van der Waals surface area (Å²) in [6, 6.07) is -0.537. The normalized spacial score (nSPS) is 12.6. The van der Waals surface area contributed by atoms with Gasteiger partial charge < -0.3 is 20.3 Å². The number of allylic oxidation sites excluding steroid dienone is 4. The minimum atomic E-state index is -0.660. The van der Waals surface area contributed by atoms with Crippen molar-refractivity contribution in [2.75, 3.05) is 13.2 Å². The highest BCUT2D eigenvalue weighted by molar-refractivity contribution is 5.76. The Kier molecular flexibility index (Phi) is 62.4. The fraction of sp³-hybridized carbons (Fsp3) is 0.912. The van der Waals surface area contributed by atoms with Crippen molar-refractivity contribution in [2.45, 2.75) is 386 Å². The second-order valence-corrected chi connectivity index (χ2v) is 23.2. The van der Waals surface area contributed by atoms with E-state index in [4.69, 9.17) is 4.74 Å². The van der Waals surface area contributed by atoms with E-state index in [1.54, 1.807) is 0 Å². The average molecular weight is 1040 g/mol. The van der Waals surface area contributed by atoms with Gasteiger partial charge in [0.2, 0.25) is 5.91 Å². The molecule has 0 aromatic rings. The van der Waals surface area contributed by atoms with Crippen molar-refractivity contribution < 1.29 is 24.5 Å². The minimum Gasteiger partial charge on any atom is -0.466 e.